The van der Waals surface area contributed by atoms with E-state index in [1.54, 1.807) is 12.3 Å². The molecule has 1 aliphatic carbocycles. The minimum Gasteiger partial charge on any atom is -0.399 e. The Morgan fingerprint density at radius 2 is 2.19 bits per heavy atom. The fourth-order valence-electron chi connectivity index (χ4n) is 2.47. The van der Waals surface area contributed by atoms with E-state index in [2.05, 4.69) is 4.98 Å². The van der Waals surface area contributed by atoms with Gasteiger partial charge < -0.3 is 10.6 Å². The van der Waals surface area contributed by atoms with Gasteiger partial charge in [-0.1, -0.05) is 12.1 Å². The first-order valence-corrected chi connectivity index (χ1v) is 7.21. The largest absolute Gasteiger partial charge is 0.399 e. The highest BCUT2D eigenvalue weighted by Crippen LogP contribution is 2.30. The first-order chi connectivity index (χ1) is 10.1. The molecule has 1 amide bonds. The van der Waals surface area contributed by atoms with Gasteiger partial charge in [0, 0.05) is 36.2 Å². The van der Waals surface area contributed by atoms with Gasteiger partial charge in [0.15, 0.2) is 0 Å². The second-order valence-electron chi connectivity index (χ2n) is 5.60. The number of hydrogen-bond acceptors (Lipinski definition) is 3. The number of anilines is 1. The molecule has 1 saturated carbocycles. The Morgan fingerprint density at radius 1 is 1.38 bits per heavy atom. The lowest BCUT2D eigenvalue weighted by atomic mass is 10.1. The van der Waals surface area contributed by atoms with Crippen molar-refractivity contribution in [3.8, 4) is 0 Å². The molecular formula is C17H19N3O. The number of amides is 1. The number of carbonyl (C=O) groups is 1. The lowest BCUT2D eigenvalue weighted by molar-refractivity contribution is 0.0729. The number of hydrogen-bond donors (Lipinski definition) is 1. The van der Waals surface area contributed by atoms with E-state index in [1.165, 1.54) is 0 Å². The van der Waals surface area contributed by atoms with Gasteiger partial charge in [-0.2, -0.15) is 0 Å². The van der Waals surface area contributed by atoms with Gasteiger partial charge in [-0.3, -0.25) is 9.78 Å². The van der Waals surface area contributed by atoms with Crippen LogP contribution in [0.5, 0.6) is 0 Å². The molecule has 4 nitrogen and oxygen atoms in total. The van der Waals surface area contributed by atoms with Crippen LogP contribution in [0.1, 0.15) is 34.3 Å². The first-order valence-electron chi connectivity index (χ1n) is 7.21. The molecule has 108 valence electrons. The second-order valence-corrected chi connectivity index (χ2v) is 5.60. The zero-order chi connectivity index (χ0) is 14.8. The Balaban J connectivity index is 1.87. The van der Waals surface area contributed by atoms with Crippen LogP contribution in [-0.2, 0) is 6.54 Å². The Morgan fingerprint density at radius 3 is 2.86 bits per heavy atom. The van der Waals surface area contributed by atoms with E-state index in [-0.39, 0.29) is 5.91 Å². The lowest BCUT2D eigenvalue weighted by Crippen LogP contribution is -2.33. The van der Waals surface area contributed by atoms with E-state index < -0.39 is 0 Å². The standard InChI is InChI=1S/C17H19N3O/c1-12-4-5-14(18)9-16(12)17(21)20(15-6-7-15)11-13-3-2-8-19-10-13/h2-5,8-10,15H,6-7,11,18H2,1H3. The maximum atomic E-state index is 12.9. The molecule has 21 heavy (non-hydrogen) atoms. The fraction of sp³-hybridized carbons (Fsp3) is 0.294. The van der Waals surface area contributed by atoms with E-state index in [0.717, 1.165) is 24.0 Å². The van der Waals surface area contributed by atoms with Crippen LogP contribution in [0, 0.1) is 6.92 Å². The van der Waals surface area contributed by atoms with Crippen molar-refractivity contribution in [2.75, 3.05) is 5.73 Å². The molecule has 0 aliphatic heterocycles. The van der Waals surface area contributed by atoms with Crippen molar-refractivity contribution >= 4 is 11.6 Å². The van der Waals surface area contributed by atoms with E-state index in [1.807, 2.05) is 42.3 Å². The molecule has 1 aromatic carbocycles. The number of pyridine rings is 1. The summed E-state index contributed by atoms with van der Waals surface area (Å²) in [6, 6.07) is 9.75. The summed E-state index contributed by atoms with van der Waals surface area (Å²) >= 11 is 0. The summed E-state index contributed by atoms with van der Waals surface area (Å²) in [5.74, 6) is 0.0613. The number of aryl methyl sites for hydroxylation is 1. The molecule has 0 bridgehead atoms. The maximum absolute atomic E-state index is 12.9. The van der Waals surface area contributed by atoms with Crippen molar-refractivity contribution in [2.24, 2.45) is 0 Å². The van der Waals surface area contributed by atoms with Crippen molar-refractivity contribution < 1.29 is 4.79 Å². The summed E-state index contributed by atoms with van der Waals surface area (Å²) < 4.78 is 0. The average molecular weight is 281 g/mol. The molecule has 1 heterocycles. The minimum atomic E-state index is 0.0613. The van der Waals surface area contributed by atoms with Gasteiger partial charge in [-0.25, -0.2) is 0 Å². The first kappa shape index (κ1) is 13.6. The van der Waals surface area contributed by atoms with Crippen molar-refractivity contribution in [3.63, 3.8) is 0 Å². The van der Waals surface area contributed by atoms with Gasteiger partial charge in [-0.05, 0) is 49.1 Å². The van der Waals surface area contributed by atoms with Crippen molar-refractivity contribution in [3.05, 3.63) is 59.4 Å². The smallest absolute Gasteiger partial charge is 0.254 e. The molecule has 0 atom stereocenters. The van der Waals surface area contributed by atoms with E-state index in [9.17, 15) is 4.79 Å². The molecule has 0 unspecified atom stereocenters. The van der Waals surface area contributed by atoms with Gasteiger partial charge in [0.05, 0.1) is 0 Å². The Labute approximate surface area is 124 Å². The van der Waals surface area contributed by atoms with E-state index in [0.29, 0.717) is 23.8 Å². The summed E-state index contributed by atoms with van der Waals surface area (Å²) in [5, 5.41) is 0. The predicted molar refractivity (Wildman–Crippen MR) is 82.7 cm³/mol. The highest BCUT2D eigenvalue weighted by molar-refractivity contribution is 5.96. The Bertz CT molecular complexity index is 650. The topological polar surface area (TPSA) is 59.2 Å². The van der Waals surface area contributed by atoms with Crippen LogP contribution in [0.25, 0.3) is 0 Å². The monoisotopic (exact) mass is 281 g/mol. The summed E-state index contributed by atoms with van der Waals surface area (Å²) in [5.41, 5.74) is 9.17. The molecule has 2 N–H and O–H groups in total. The number of nitrogen functional groups attached to an aromatic ring is 1. The molecule has 0 spiro atoms. The van der Waals surface area contributed by atoms with E-state index in [4.69, 9.17) is 5.73 Å². The van der Waals surface area contributed by atoms with Crippen LogP contribution in [0.4, 0.5) is 5.69 Å². The SMILES string of the molecule is Cc1ccc(N)cc1C(=O)N(Cc1cccnc1)C1CC1. The number of aromatic nitrogens is 1. The quantitative estimate of drug-likeness (QED) is 0.877. The highest BCUT2D eigenvalue weighted by Gasteiger charge is 2.33. The van der Waals surface area contributed by atoms with Gasteiger partial charge in [0.25, 0.3) is 5.91 Å². The van der Waals surface area contributed by atoms with Crippen LogP contribution in [0.2, 0.25) is 0 Å². The highest BCUT2D eigenvalue weighted by atomic mass is 16.2. The summed E-state index contributed by atoms with van der Waals surface area (Å²) in [7, 11) is 0. The van der Waals surface area contributed by atoms with Crippen LogP contribution >= 0.6 is 0 Å². The molecule has 3 rings (SSSR count). The number of benzene rings is 1. The van der Waals surface area contributed by atoms with Crippen LogP contribution in [0.15, 0.2) is 42.7 Å². The van der Waals surface area contributed by atoms with Gasteiger partial charge in [0.1, 0.15) is 0 Å². The minimum absolute atomic E-state index is 0.0613. The van der Waals surface area contributed by atoms with Crippen molar-refractivity contribution in [1.82, 2.24) is 9.88 Å². The summed E-state index contributed by atoms with van der Waals surface area (Å²) in [4.78, 5) is 18.9. The molecule has 0 saturated heterocycles. The molecule has 4 heteroatoms. The van der Waals surface area contributed by atoms with Crippen molar-refractivity contribution in [1.29, 1.82) is 0 Å². The van der Waals surface area contributed by atoms with Gasteiger partial charge in [0.2, 0.25) is 0 Å². The molecule has 2 aromatic rings. The molecular weight excluding hydrogens is 262 g/mol. The normalized spacial score (nSPS) is 14.0. The van der Waals surface area contributed by atoms with Crippen molar-refractivity contribution in [2.45, 2.75) is 32.4 Å². The third-order valence-electron chi connectivity index (χ3n) is 3.82. The number of rotatable bonds is 4. The zero-order valence-electron chi connectivity index (χ0n) is 12.1. The predicted octanol–water partition coefficient (Wildman–Crippen LogP) is 2.78. The second kappa shape index (κ2) is 5.56. The number of carbonyl (C=O) groups excluding carboxylic acids is 1. The third-order valence-corrected chi connectivity index (χ3v) is 3.82. The molecule has 1 aliphatic rings. The van der Waals surface area contributed by atoms with Crippen LogP contribution in [0.3, 0.4) is 0 Å². The molecule has 1 aromatic heterocycles. The molecule has 1 fully saturated rings. The third kappa shape index (κ3) is 3.05. The zero-order valence-corrected chi connectivity index (χ0v) is 12.1. The Hall–Kier alpha value is -2.36. The van der Waals surface area contributed by atoms with Gasteiger partial charge >= 0.3 is 0 Å². The maximum Gasteiger partial charge on any atom is 0.254 e. The Kier molecular flexibility index (Phi) is 3.60. The van der Waals surface area contributed by atoms with E-state index >= 15 is 0 Å². The number of nitrogens with two attached hydrogens (primary N) is 1. The van der Waals surface area contributed by atoms with Gasteiger partial charge in [-0.15, -0.1) is 0 Å². The lowest BCUT2D eigenvalue weighted by Gasteiger charge is -2.23. The van der Waals surface area contributed by atoms with Crippen LogP contribution < -0.4 is 5.73 Å². The summed E-state index contributed by atoms with van der Waals surface area (Å²) in [6.07, 6.45) is 5.71. The fourth-order valence-corrected chi connectivity index (χ4v) is 2.47. The number of nitrogens with zero attached hydrogens (tertiary/aromatic N) is 2. The summed E-state index contributed by atoms with van der Waals surface area (Å²) in [6.45, 7) is 2.55. The average Bonchev–Trinajstić information content (AvgIpc) is 3.32. The molecule has 0 radical (unpaired) electrons. The van der Waals surface area contributed by atoms with Crippen LogP contribution in [-0.4, -0.2) is 21.8 Å².